The Morgan fingerprint density at radius 2 is 2.00 bits per heavy atom. The molecule has 22 heavy (non-hydrogen) atoms. The van der Waals surface area contributed by atoms with Gasteiger partial charge in [-0.3, -0.25) is 4.79 Å². The summed E-state index contributed by atoms with van der Waals surface area (Å²) in [6.07, 6.45) is 6.88. The summed E-state index contributed by atoms with van der Waals surface area (Å²) in [7, 11) is 0. The van der Waals surface area contributed by atoms with Crippen LogP contribution in [0.5, 0.6) is 11.5 Å². The van der Waals surface area contributed by atoms with E-state index in [1.165, 1.54) is 0 Å². The highest BCUT2D eigenvalue weighted by Crippen LogP contribution is 2.42. The molecule has 1 amide bonds. The van der Waals surface area contributed by atoms with E-state index in [0.717, 1.165) is 31.2 Å². The quantitative estimate of drug-likeness (QED) is 0.596. The summed E-state index contributed by atoms with van der Waals surface area (Å²) in [6.45, 7) is 6.24. The maximum absolute atomic E-state index is 11.9. The number of phenols is 2. The van der Waals surface area contributed by atoms with Crippen LogP contribution in [0.3, 0.4) is 0 Å². The third-order valence-corrected chi connectivity index (χ3v) is 4.25. The molecular weight excluding hydrogens is 278 g/mol. The van der Waals surface area contributed by atoms with Crippen LogP contribution in [0.25, 0.3) is 0 Å². The van der Waals surface area contributed by atoms with E-state index in [0.29, 0.717) is 24.9 Å². The van der Waals surface area contributed by atoms with Crippen LogP contribution in [0.2, 0.25) is 0 Å². The Hall–Kier alpha value is -1.97. The predicted octanol–water partition coefficient (Wildman–Crippen LogP) is 3.68. The van der Waals surface area contributed by atoms with Crippen LogP contribution in [0.15, 0.2) is 24.8 Å². The van der Waals surface area contributed by atoms with Gasteiger partial charge in [0, 0.05) is 13.0 Å². The van der Waals surface area contributed by atoms with Crippen LogP contribution in [0.1, 0.15) is 56.2 Å². The molecule has 1 aliphatic heterocycles. The molecule has 1 aliphatic rings. The minimum absolute atomic E-state index is 0.0377. The summed E-state index contributed by atoms with van der Waals surface area (Å²) in [5.74, 6) is 0.205. The molecule has 1 unspecified atom stereocenters. The average molecular weight is 303 g/mol. The second-order valence-corrected chi connectivity index (χ2v) is 5.89. The SMILES string of the molecule is C=CCN1C(=O)CCC1c1c(O)cc(CCCCC)cc1O. The monoisotopic (exact) mass is 303 g/mol. The van der Waals surface area contributed by atoms with E-state index in [1.54, 1.807) is 23.1 Å². The molecule has 0 radical (unpaired) electrons. The van der Waals surface area contributed by atoms with Crippen molar-refractivity contribution in [1.82, 2.24) is 4.90 Å². The standard InChI is InChI=1S/C18H25NO3/c1-3-5-6-7-13-11-15(20)18(16(21)12-13)14-8-9-17(22)19(14)10-4-2/h4,11-12,14,20-21H,2-3,5-10H2,1H3. The van der Waals surface area contributed by atoms with Gasteiger partial charge >= 0.3 is 0 Å². The molecule has 1 fully saturated rings. The fourth-order valence-electron chi connectivity index (χ4n) is 3.15. The molecule has 4 nitrogen and oxygen atoms in total. The molecule has 1 atom stereocenters. The normalized spacial score (nSPS) is 18.0. The lowest BCUT2D eigenvalue weighted by Crippen LogP contribution is -2.27. The van der Waals surface area contributed by atoms with Crippen LogP contribution in [0.4, 0.5) is 0 Å². The smallest absolute Gasteiger partial charge is 0.223 e. The highest BCUT2D eigenvalue weighted by Gasteiger charge is 2.34. The molecule has 0 spiro atoms. The fourth-order valence-corrected chi connectivity index (χ4v) is 3.15. The molecule has 120 valence electrons. The Morgan fingerprint density at radius 1 is 1.32 bits per heavy atom. The number of aromatic hydroxyl groups is 2. The van der Waals surface area contributed by atoms with Crippen LogP contribution in [-0.4, -0.2) is 27.6 Å². The van der Waals surface area contributed by atoms with Crippen LogP contribution < -0.4 is 0 Å². The Labute approximate surface area is 132 Å². The summed E-state index contributed by atoms with van der Waals surface area (Å²) in [5.41, 5.74) is 1.40. The Kier molecular flexibility index (Phi) is 5.47. The number of unbranched alkanes of at least 4 members (excludes halogenated alkanes) is 2. The van der Waals surface area contributed by atoms with Gasteiger partial charge in [0.25, 0.3) is 0 Å². The Balaban J connectivity index is 2.24. The third-order valence-electron chi connectivity index (χ3n) is 4.25. The lowest BCUT2D eigenvalue weighted by Gasteiger charge is -2.25. The first-order valence-electron chi connectivity index (χ1n) is 8.03. The van der Waals surface area contributed by atoms with Crippen molar-refractivity contribution in [3.05, 3.63) is 35.9 Å². The molecule has 0 aromatic heterocycles. The maximum Gasteiger partial charge on any atom is 0.223 e. The van der Waals surface area contributed by atoms with Crippen molar-refractivity contribution < 1.29 is 15.0 Å². The average Bonchev–Trinajstić information content (AvgIpc) is 2.81. The summed E-state index contributed by atoms with van der Waals surface area (Å²) in [5, 5.41) is 20.7. The molecule has 1 aromatic carbocycles. The van der Waals surface area contributed by atoms with Crippen LogP contribution in [-0.2, 0) is 11.2 Å². The molecule has 2 N–H and O–H groups in total. The van der Waals surface area contributed by atoms with Crippen molar-refractivity contribution in [3.8, 4) is 11.5 Å². The number of nitrogens with zero attached hydrogens (tertiary/aromatic N) is 1. The van der Waals surface area contributed by atoms with Crippen LogP contribution in [0, 0.1) is 0 Å². The highest BCUT2D eigenvalue weighted by atomic mass is 16.3. The third kappa shape index (κ3) is 3.43. The Bertz CT molecular complexity index is 530. The summed E-state index contributed by atoms with van der Waals surface area (Å²) in [4.78, 5) is 13.6. The molecule has 0 bridgehead atoms. The van der Waals surface area contributed by atoms with Gasteiger partial charge in [-0.2, -0.15) is 0 Å². The first-order chi connectivity index (χ1) is 10.6. The molecular formula is C18H25NO3. The van der Waals surface area contributed by atoms with Gasteiger partial charge in [-0.15, -0.1) is 6.58 Å². The molecule has 0 aliphatic carbocycles. The van der Waals surface area contributed by atoms with E-state index >= 15 is 0 Å². The number of rotatable bonds is 7. The number of carbonyl (C=O) groups excluding carboxylic acids is 1. The van der Waals surface area contributed by atoms with Gasteiger partial charge in [0.1, 0.15) is 11.5 Å². The predicted molar refractivity (Wildman–Crippen MR) is 86.9 cm³/mol. The van der Waals surface area contributed by atoms with Gasteiger partial charge in [-0.05, 0) is 37.0 Å². The van der Waals surface area contributed by atoms with Crippen molar-refractivity contribution in [1.29, 1.82) is 0 Å². The van der Waals surface area contributed by atoms with Crippen LogP contribution >= 0.6 is 0 Å². The highest BCUT2D eigenvalue weighted by molar-refractivity contribution is 5.79. The number of likely N-dealkylation sites (tertiary alicyclic amines) is 1. The van der Waals surface area contributed by atoms with Gasteiger partial charge in [-0.1, -0.05) is 25.8 Å². The minimum Gasteiger partial charge on any atom is -0.507 e. The van der Waals surface area contributed by atoms with E-state index < -0.39 is 0 Å². The largest absolute Gasteiger partial charge is 0.507 e. The van der Waals surface area contributed by atoms with Crippen molar-refractivity contribution in [2.75, 3.05) is 6.54 Å². The van der Waals surface area contributed by atoms with Crippen molar-refractivity contribution >= 4 is 5.91 Å². The molecule has 1 saturated heterocycles. The van der Waals surface area contributed by atoms with Gasteiger partial charge < -0.3 is 15.1 Å². The number of hydrogen-bond acceptors (Lipinski definition) is 3. The molecule has 2 rings (SSSR count). The molecule has 4 heteroatoms. The van der Waals surface area contributed by atoms with E-state index in [4.69, 9.17) is 0 Å². The van der Waals surface area contributed by atoms with Crippen molar-refractivity contribution in [2.24, 2.45) is 0 Å². The van der Waals surface area contributed by atoms with E-state index in [-0.39, 0.29) is 23.4 Å². The zero-order chi connectivity index (χ0) is 16.1. The number of carbonyl (C=O) groups is 1. The van der Waals surface area contributed by atoms with E-state index in [2.05, 4.69) is 13.5 Å². The number of amides is 1. The molecule has 1 aromatic rings. The van der Waals surface area contributed by atoms with Gasteiger partial charge in [0.2, 0.25) is 5.91 Å². The molecule has 1 heterocycles. The number of aryl methyl sites for hydroxylation is 1. The van der Waals surface area contributed by atoms with Gasteiger partial charge in [0.15, 0.2) is 0 Å². The number of hydrogen-bond donors (Lipinski definition) is 2. The first-order valence-corrected chi connectivity index (χ1v) is 8.03. The zero-order valence-corrected chi connectivity index (χ0v) is 13.2. The fraction of sp³-hybridized carbons (Fsp3) is 0.500. The first kappa shape index (κ1) is 16.4. The lowest BCUT2D eigenvalue weighted by molar-refractivity contribution is -0.128. The summed E-state index contributed by atoms with van der Waals surface area (Å²) >= 11 is 0. The van der Waals surface area contributed by atoms with E-state index in [1.807, 2.05) is 0 Å². The second kappa shape index (κ2) is 7.34. The van der Waals surface area contributed by atoms with Gasteiger partial charge in [-0.25, -0.2) is 0 Å². The summed E-state index contributed by atoms with van der Waals surface area (Å²) in [6, 6.07) is 3.18. The molecule has 0 saturated carbocycles. The van der Waals surface area contributed by atoms with E-state index in [9.17, 15) is 15.0 Å². The number of phenolic OH excluding ortho intramolecular Hbond substituents is 2. The Morgan fingerprint density at radius 3 is 2.59 bits per heavy atom. The summed E-state index contributed by atoms with van der Waals surface area (Å²) < 4.78 is 0. The van der Waals surface area contributed by atoms with Crippen molar-refractivity contribution in [2.45, 2.75) is 51.5 Å². The van der Waals surface area contributed by atoms with Gasteiger partial charge in [0.05, 0.1) is 11.6 Å². The second-order valence-electron chi connectivity index (χ2n) is 5.89. The topological polar surface area (TPSA) is 60.8 Å². The number of benzene rings is 1. The minimum atomic E-state index is -0.268. The van der Waals surface area contributed by atoms with Crippen molar-refractivity contribution in [3.63, 3.8) is 0 Å². The maximum atomic E-state index is 11.9. The zero-order valence-electron chi connectivity index (χ0n) is 13.2. The lowest BCUT2D eigenvalue weighted by atomic mass is 9.97.